The summed E-state index contributed by atoms with van der Waals surface area (Å²) in [5, 5.41) is -7.51. The molecule has 0 spiro atoms. The monoisotopic (exact) mass is 510 g/mol. The molecule has 0 aliphatic rings. The minimum absolute atomic E-state index is 0. The van der Waals surface area contributed by atoms with Gasteiger partial charge < -0.3 is 4.55 Å². The average molecular weight is 510 g/mol. The summed E-state index contributed by atoms with van der Waals surface area (Å²) in [4.78, 5) is 0. The standard InChI is InChI=1S/C11H10F14O3S.Na/c12-5(3-1-2-4-6(13,14)15)7(16,17)8(18,19)9(20,21)10(22,23)11(24,25)29(26,27)28;/h5H,1-4H2,(H,26,27,28);/q;+1/p-1. The summed E-state index contributed by atoms with van der Waals surface area (Å²) in [6.07, 6.45) is -15.6. The fourth-order valence-electron chi connectivity index (χ4n) is 1.77. The van der Waals surface area contributed by atoms with Crippen molar-refractivity contribution in [3.05, 3.63) is 0 Å². The van der Waals surface area contributed by atoms with Crippen molar-refractivity contribution in [2.45, 2.75) is 67.0 Å². The maximum atomic E-state index is 13.3. The van der Waals surface area contributed by atoms with Crippen molar-refractivity contribution in [2.24, 2.45) is 0 Å². The minimum atomic E-state index is -7.99. The van der Waals surface area contributed by atoms with Crippen molar-refractivity contribution in [1.29, 1.82) is 0 Å². The molecule has 0 aromatic carbocycles. The summed E-state index contributed by atoms with van der Waals surface area (Å²) >= 11 is 0. The van der Waals surface area contributed by atoms with Gasteiger partial charge in [-0.05, 0) is 19.3 Å². The summed E-state index contributed by atoms with van der Waals surface area (Å²) in [6, 6.07) is 0. The van der Waals surface area contributed by atoms with E-state index in [1.54, 1.807) is 0 Å². The van der Waals surface area contributed by atoms with Crippen molar-refractivity contribution in [3.63, 3.8) is 0 Å². The Morgan fingerprint density at radius 1 is 0.700 bits per heavy atom. The molecule has 0 radical (unpaired) electrons. The first-order chi connectivity index (χ1) is 12.4. The van der Waals surface area contributed by atoms with Gasteiger partial charge in [-0.25, -0.2) is 12.8 Å². The molecule has 0 rings (SSSR count). The van der Waals surface area contributed by atoms with E-state index in [9.17, 15) is 74.4 Å². The van der Waals surface area contributed by atoms with Gasteiger partial charge in [0.1, 0.15) is 0 Å². The second-order valence-corrected chi connectivity index (χ2v) is 7.07. The zero-order valence-corrected chi connectivity index (χ0v) is 17.1. The van der Waals surface area contributed by atoms with E-state index in [1.165, 1.54) is 0 Å². The molecule has 0 saturated heterocycles. The molecule has 1 atom stereocenters. The fourth-order valence-corrected chi connectivity index (χ4v) is 2.22. The van der Waals surface area contributed by atoms with Crippen LogP contribution in [0, 0.1) is 0 Å². The van der Waals surface area contributed by atoms with Crippen LogP contribution < -0.4 is 29.6 Å². The third kappa shape index (κ3) is 5.83. The molecule has 30 heavy (non-hydrogen) atoms. The normalized spacial score (nSPS) is 16.2. The molecule has 0 aliphatic heterocycles. The van der Waals surface area contributed by atoms with Crippen molar-refractivity contribution < 1.29 is 104 Å². The van der Waals surface area contributed by atoms with Crippen LogP contribution in [0.3, 0.4) is 0 Å². The van der Waals surface area contributed by atoms with Crippen molar-refractivity contribution >= 4 is 10.1 Å². The third-order valence-electron chi connectivity index (χ3n) is 3.45. The third-order valence-corrected chi connectivity index (χ3v) is 4.33. The van der Waals surface area contributed by atoms with Crippen LogP contribution in [-0.2, 0) is 10.1 Å². The number of hydrogen-bond donors (Lipinski definition) is 0. The molecule has 0 fully saturated rings. The van der Waals surface area contributed by atoms with E-state index >= 15 is 0 Å². The van der Waals surface area contributed by atoms with Crippen LogP contribution in [0.2, 0.25) is 0 Å². The van der Waals surface area contributed by atoms with Gasteiger partial charge in [-0.3, -0.25) is 0 Å². The fraction of sp³-hybridized carbons (Fsp3) is 1.00. The van der Waals surface area contributed by atoms with E-state index in [-0.39, 0.29) is 29.6 Å². The van der Waals surface area contributed by atoms with E-state index in [0.29, 0.717) is 0 Å². The molecule has 0 aromatic rings. The van der Waals surface area contributed by atoms with Crippen molar-refractivity contribution in [2.75, 3.05) is 0 Å². The van der Waals surface area contributed by atoms with Gasteiger partial charge in [0.25, 0.3) is 0 Å². The summed E-state index contributed by atoms with van der Waals surface area (Å²) < 4.78 is 210. The Morgan fingerprint density at radius 3 is 1.43 bits per heavy atom. The molecule has 176 valence electrons. The molecule has 0 saturated carbocycles. The Bertz CT molecular complexity index is 675. The molecule has 3 nitrogen and oxygen atoms in total. The predicted molar refractivity (Wildman–Crippen MR) is 63.9 cm³/mol. The van der Waals surface area contributed by atoms with Crippen LogP contribution >= 0.6 is 0 Å². The van der Waals surface area contributed by atoms with Crippen LogP contribution in [-0.4, -0.2) is 54.3 Å². The van der Waals surface area contributed by atoms with Gasteiger partial charge in [0.15, 0.2) is 16.3 Å². The number of rotatable bonds is 10. The maximum Gasteiger partial charge on any atom is 1.00 e. The van der Waals surface area contributed by atoms with E-state index in [4.69, 9.17) is 0 Å². The van der Waals surface area contributed by atoms with Crippen LogP contribution in [0.4, 0.5) is 61.5 Å². The van der Waals surface area contributed by atoms with E-state index in [1.807, 2.05) is 0 Å². The SMILES string of the molecule is O=S(=O)([O-])C(F)(F)C(F)(F)C(F)(F)C(F)(F)C(F)(F)C(F)CCCCC(F)(F)F.[Na+]. The van der Waals surface area contributed by atoms with E-state index in [2.05, 4.69) is 0 Å². The van der Waals surface area contributed by atoms with Gasteiger partial charge in [0.2, 0.25) is 0 Å². The molecular weight excluding hydrogens is 501 g/mol. The van der Waals surface area contributed by atoms with Crippen molar-refractivity contribution in [1.82, 2.24) is 0 Å². The van der Waals surface area contributed by atoms with Gasteiger partial charge in [-0.15, -0.1) is 0 Å². The summed E-state index contributed by atoms with van der Waals surface area (Å²) in [5.41, 5.74) is 0. The van der Waals surface area contributed by atoms with E-state index < -0.39 is 77.1 Å². The average Bonchev–Trinajstić information content (AvgIpc) is 2.48. The number of unbranched alkanes of at least 4 members (excludes halogenated alkanes) is 1. The van der Waals surface area contributed by atoms with E-state index in [0.717, 1.165) is 0 Å². The number of hydrogen-bond acceptors (Lipinski definition) is 3. The van der Waals surface area contributed by atoms with Crippen LogP contribution in [0.15, 0.2) is 0 Å². The second-order valence-electron chi connectivity index (χ2n) is 5.65. The Balaban J connectivity index is 0. The van der Waals surface area contributed by atoms with Crippen LogP contribution in [0.25, 0.3) is 0 Å². The van der Waals surface area contributed by atoms with Crippen LogP contribution in [0.1, 0.15) is 25.7 Å². The molecular formula is C11H9F14NaO3S. The first-order valence-corrected chi connectivity index (χ1v) is 8.34. The quantitative estimate of drug-likeness (QED) is 0.196. The molecule has 0 aromatic heterocycles. The van der Waals surface area contributed by atoms with Gasteiger partial charge in [0.05, 0.1) is 0 Å². The van der Waals surface area contributed by atoms with Gasteiger partial charge >= 0.3 is 64.7 Å². The van der Waals surface area contributed by atoms with Gasteiger partial charge in [0, 0.05) is 6.42 Å². The Labute approximate surface area is 181 Å². The Hall–Kier alpha value is -0.0700. The molecule has 1 unspecified atom stereocenters. The van der Waals surface area contributed by atoms with Gasteiger partial charge in [-0.1, -0.05) is 0 Å². The maximum absolute atomic E-state index is 13.3. The first kappa shape index (κ1) is 32.1. The molecule has 19 heteroatoms. The zero-order chi connectivity index (χ0) is 23.9. The van der Waals surface area contributed by atoms with Crippen LogP contribution in [0.5, 0.6) is 0 Å². The smallest absolute Gasteiger partial charge is 0.743 e. The zero-order valence-electron chi connectivity index (χ0n) is 14.3. The molecule has 0 heterocycles. The first-order valence-electron chi connectivity index (χ1n) is 6.93. The summed E-state index contributed by atoms with van der Waals surface area (Å²) in [7, 11) is -7.79. The predicted octanol–water partition coefficient (Wildman–Crippen LogP) is 2.13. The summed E-state index contributed by atoms with van der Waals surface area (Å²) in [5.74, 6) is -30.5. The molecule has 0 amide bonds. The van der Waals surface area contributed by atoms with Crippen molar-refractivity contribution in [3.8, 4) is 0 Å². The largest absolute Gasteiger partial charge is 1.00 e. The minimum Gasteiger partial charge on any atom is -0.743 e. The topological polar surface area (TPSA) is 57.2 Å². The molecule has 0 bridgehead atoms. The second kappa shape index (κ2) is 9.43. The molecule has 0 aliphatic carbocycles. The number of alkyl halides is 14. The van der Waals surface area contributed by atoms with Gasteiger partial charge in [-0.2, -0.15) is 57.1 Å². The Morgan fingerprint density at radius 2 is 1.10 bits per heavy atom. The number of halogens is 14. The Kier molecular flexibility index (Phi) is 10.1. The summed E-state index contributed by atoms with van der Waals surface area (Å²) in [6.45, 7) is 0. The molecule has 0 N–H and O–H groups in total.